The van der Waals surface area contributed by atoms with Crippen molar-refractivity contribution in [1.82, 2.24) is 9.47 Å². The largest absolute Gasteiger partial charge is 0.459 e. The Hall–Kier alpha value is -3.60. The Bertz CT molecular complexity index is 1350. The Morgan fingerprint density at radius 1 is 0.903 bits per heavy atom. The van der Waals surface area contributed by atoms with Gasteiger partial charge in [0.15, 0.2) is 5.76 Å². The molecule has 31 heavy (non-hydrogen) atoms. The van der Waals surface area contributed by atoms with Gasteiger partial charge < -0.3 is 13.9 Å². The standard InChI is InChI=1S/C26H22N2O3/c29-24-10-9-22(20-8-7-18-4-1-2-5-19(18)13-20)25-21-12-17(15-28(24)25)14-27(16-21)26(30)23-6-3-11-31-23/h1-11,13,17,21H,12,14-16H2. The molecule has 0 N–H and O–H groups in total. The van der Waals surface area contributed by atoms with Crippen molar-refractivity contribution in [1.29, 1.82) is 0 Å². The molecule has 2 unspecified atom stereocenters. The van der Waals surface area contributed by atoms with Crippen LogP contribution >= 0.6 is 0 Å². The molecule has 154 valence electrons. The third-order valence-corrected chi connectivity index (χ3v) is 6.67. The van der Waals surface area contributed by atoms with E-state index in [1.54, 1.807) is 18.2 Å². The van der Waals surface area contributed by atoms with Gasteiger partial charge in [-0.2, -0.15) is 0 Å². The van der Waals surface area contributed by atoms with Gasteiger partial charge >= 0.3 is 0 Å². The fourth-order valence-electron chi connectivity index (χ4n) is 5.34. The number of carbonyl (C=O) groups excluding carboxylic acids is 1. The molecule has 0 spiro atoms. The smallest absolute Gasteiger partial charge is 0.289 e. The molecular weight excluding hydrogens is 388 g/mol. The quantitative estimate of drug-likeness (QED) is 0.488. The van der Waals surface area contributed by atoms with Crippen LogP contribution in [0, 0.1) is 5.92 Å². The highest BCUT2D eigenvalue weighted by molar-refractivity contribution is 5.91. The highest BCUT2D eigenvalue weighted by Crippen LogP contribution is 2.40. The number of furan rings is 1. The van der Waals surface area contributed by atoms with Gasteiger partial charge in [0.1, 0.15) is 0 Å². The van der Waals surface area contributed by atoms with Crippen molar-refractivity contribution in [2.75, 3.05) is 13.1 Å². The zero-order valence-electron chi connectivity index (χ0n) is 17.0. The lowest BCUT2D eigenvalue weighted by Gasteiger charge is -2.43. The molecule has 1 fully saturated rings. The molecule has 4 heterocycles. The predicted octanol–water partition coefficient (Wildman–Crippen LogP) is 4.52. The molecule has 0 radical (unpaired) electrons. The topological polar surface area (TPSA) is 55.5 Å². The molecule has 2 aromatic carbocycles. The van der Waals surface area contributed by atoms with Crippen molar-refractivity contribution in [3.63, 3.8) is 0 Å². The Labute approximate surface area is 179 Å². The number of hydrogen-bond acceptors (Lipinski definition) is 3. The van der Waals surface area contributed by atoms with Crippen molar-refractivity contribution in [2.45, 2.75) is 18.9 Å². The maximum atomic E-state index is 12.9. The second kappa shape index (κ2) is 6.98. The number of nitrogens with zero attached hydrogens (tertiary/aromatic N) is 2. The van der Waals surface area contributed by atoms with Gasteiger partial charge in [-0.05, 0) is 52.9 Å². The van der Waals surface area contributed by atoms with E-state index in [9.17, 15) is 9.59 Å². The lowest BCUT2D eigenvalue weighted by molar-refractivity contribution is 0.0564. The average molecular weight is 410 g/mol. The van der Waals surface area contributed by atoms with E-state index in [1.807, 2.05) is 27.7 Å². The lowest BCUT2D eigenvalue weighted by Crippen LogP contribution is -2.49. The second-order valence-electron chi connectivity index (χ2n) is 8.63. The molecule has 5 heteroatoms. The number of aromatic nitrogens is 1. The van der Waals surface area contributed by atoms with E-state index in [1.165, 1.54) is 17.0 Å². The molecule has 5 nitrogen and oxygen atoms in total. The minimum Gasteiger partial charge on any atom is -0.459 e. The normalized spacial score (nSPS) is 19.9. The van der Waals surface area contributed by atoms with Crippen molar-refractivity contribution in [3.05, 3.63) is 94.8 Å². The number of rotatable bonds is 2. The van der Waals surface area contributed by atoms with Crippen LogP contribution in [-0.2, 0) is 6.54 Å². The summed E-state index contributed by atoms with van der Waals surface area (Å²) in [6.45, 7) is 1.90. The van der Waals surface area contributed by atoms with Gasteiger partial charge in [-0.15, -0.1) is 0 Å². The minimum atomic E-state index is -0.0707. The van der Waals surface area contributed by atoms with Crippen LogP contribution in [0.25, 0.3) is 21.9 Å². The summed E-state index contributed by atoms with van der Waals surface area (Å²) in [4.78, 5) is 27.6. The van der Waals surface area contributed by atoms with Crippen LogP contribution in [0.2, 0.25) is 0 Å². The summed E-state index contributed by atoms with van der Waals surface area (Å²) in [6.07, 6.45) is 2.52. The summed E-state index contributed by atoms with van der Waals surface area (Å²) in [6, 6.07) is 21.8. The monoisotopic (exact) mass is 410 g/mol. The summed E-state index contributed by atoms with van der Waals surface area (Å²) in [5, 5.41) is 2.37. The molecular formula is C26H22N2O3. The van der Waals surface area contributed by atoms with Gasteiger partial charge in [0.05, 0.1) is 6.26 Å². The van der Waals surface area contributed by atoms with E-state index in [4.69, 9.17) is 4.42 Å². The first-order valence-corrected chi connectivity index (χ1v) is 10.7. The van der Waals surface area contributed by atoms with Crippen molar-refractivity contribution in [2.24, 2.45) is 5.92 Å². The third kappa shape index (κ3) is 3.00. The first-order chi connectivity index (χ1) is 15.2. The Kier molecular flexibility index (Phi) is 4.10. The zero-order valence-corrected chi connectivity index (χ0v) is 17.0. The number of benzene rings is 2. The first kappa shape index (κ1) is 18.2. The van der Waals surface area contributed by atoms with Crippen LogP contribution < -0.4 is 5.56 Å². The van der Waals surface area contributed by atoms with Crippen LogP contribution in [0.5, 0.6) is 0 Å². The van der Waals surface area contributed by atoms with Gasteiger partial charge in [0.2, 0.25) is 0 Å². The molecule has 0 aliphatic carbocycles. The van der Waals surface area contributed by atoms with Crippen LogP contribution in [0.3, 0.4) is 0 Å². The van der Waals surface area contributed by atoms with E-state index < -0.39 is 0 Å². The molecule has 1 saturated heterocycles. The fraction of sp³-hybridized carbons (Fsp3) is 0.231. The SMILES string of the molecule is O=C(c1ccco1)N1CC2CC(C1)c1c(-c3ccc4ccccc4c3)ccc(=O)n1C2. The van der Waals surface area contributed by atoms with Crippen LogP contribution in [-0.4, -0.2) is 28.5 Å². The van der Waals surface area contributed by atoms with Crippen LogP contribution in [0.1, 0.15) is 28.6 Å². The van der Waals surface area contributed by atoms with E-state index in [0.29, 0.717) is 25.4 Å². The van der Waals surface area contributed by atoms with Crippen molar-refractivity contribution >= 4 is 16.7 Å². The van der Waals surface area contributed by atoms with E-state index in [-0.39, 0.29) is 23.3 Å². The minimum absolute atomic E-state index is 0.0417. The number of carbonyl (C=O) groups is 1. The molecule has 2 bridgehead atoms. The average Bonchev–Trinajstić information content (AvgIpc) is 3.34. The molecule has 1 amide bonds. The lowest BCUT2D eigenvalue weighted by atomic mass is 9.80. The van der Waals surface area contributed by atoms with Gasteiger partial charge in [-0.1, -0.05) is 36.4 Å². The zero-order chi connectivity index (χ0) is 20.9. The predicted molar refractivity (Wildman–Crippen MR) is 119 cm³/mol. The van der Waals surface area contributed by atoms with Crippen molar-refractivity contribution < 1.29 is 9.21 Å². The number of likely N-dealkylation sites (tertiary alicyclic amines) is 1. The highest BCUT2D eigenvalue weighted by Gasteiger charge is 2.38. The number of fused-ring (bicyclic) bond motifs is 5. The van der Waals surface area contributed by atoms with E-state index >= 15 is 0 Å². The number of amides is 1. The number of hydrogen-bond donors (Lipinski definition) is 0. The Balaban J connectivity index is 1.44. The van der Waals surface area contributed by atoms with Crippen LogP contribution in [0.4, 0.5) is 0 Å². The summed E-state index contributed by atoms with van der Waals surface area (Å²) in [5.74, 6) is 0.704. The van der Waals surface area contributed by atoms with Gasteiger partial charge in [-0.25, -0.2) is 0 Å². The molecule has 2 aliphatic heterocycles. The Morgan fingerprint density at radius 2 is 1.77 bits per heavy atom. The molecule has 2 aliphatic rings. The van der Waals surface area contributed by atoms with Crippen LogP contribution in [0.15, 0.2) is 82.2 Å². The fourth-order valence-corrected chi connectivity index (χ4v) is 5.34. The van der Waals surface area contributed by atoms with Gasteiger partial charge in [-0.3, -0.25) is 9.59 Å². The van der Waals surface area contributed by atoms with E-state index in [2.05, 4.69) is 30.3 Å². The van der Waals surface area contributed by atoms with Crippen molar-refractivity contribution in [3.8, 4) is 11.1 Å². The highest BCUT2D eigenvalue weighted by atomic mass is 16.3. The molecule has 4 aromatic rings. The number of pyridine rings is 1. The molecule has 2 atom stereocenters. The summed E-state index contributed by atoms with van der Waals surface area (Å²) >= 11 is 0. The second-order valence-corrected chi connectivity index (χ2v) is 8.63. The van der Waals surface area contributed by atoms with Gasteiger partial charge in [0.25, 0.3) is 11.5 Å². The van der Waals surface area contributed by atoms with Gasteiger partial charge in [0, 0.05) is 42.9 Å². The summed E-state index contributed by atoms with van der Waals surface area (Å²) < 4.78 is 7.29. The Morgan fingerprint density at radius 3 is 2.61 bits per heavy atom. The maximum Gasteiger partial charge on any atom is 0.289 e. The summed E-state index contributed by atoms with van der Waals surface area (Å²) in [7, 11) is 0. The first-order valence-electron chi connectivity index (χ1n) is 10.7. The molecule has 6 rings (SSSR count). The maximum absolute atomic E-state index is 12.9. The number of piperidine rings is 1. The molecule has 2 aromatic heterocycles. The molecule has 0 saturated carbocycles. The third-order valence-electron chi connectivity index (χ3n) is 6.67. The summed E-state index contributed by atoms with van der Waals surface area (Å²) in [5.41, 5.74) is 3.28. The van der Waals surface area contributed by atoms with E-state index in [0.717, 1.165) is 23.2 Å².